The number of nitro benzene ring substituents is 1. The number of unbranched alkanes of at least 4 members (excludes halogenated alkanes) is 15. The summed E-state index contributed by atoms with van der Waals surface area (Å²) < 4.78 is 17.1. The lowest BCUT2D eigenvalue weighted by molar-refractivity contribution is -0.384. The van der Waals surface area contributed by atoms with Gasteiger partial charge < -0.3 is 19.1 Å². The molecule has 0 saturated carbocycles. The minimum Gasteiger partial charge on any atom is -0.494 e. The standard InChI is InChI=1S/C58H76N10O6/c1-7-9-10-11-12-13-14-15-16-17-18-19-20-21-22-23-40-67(41-42-74-57(69)58(3,4)8-2)51-36-32-50(33-37-51)64-66-54-44-55(72-5)53(43-56(54)73-6)65-63-48-30-28-47(29-31-48)60-59-45-24-26-46(27-25-45)61-62-49-34-38-52(39-35-49)68(70)71/h24-39,43-44H,7-23,40-42H2,1-6H3/b60-59+,62-61+,65-63+,66-64+. The van der Waals surface area contributed by atoms with Crippen LogP contribution in [0.15, 0.2) is 150 Å². The monoisotopic (exact) mass is 1010 g/mol. The van der Waals surface area contributed by atoms with Crippen molar-refractivity contribution in [3.05, 3.63) is 119 Å². The summed E-state index contributed by atoms with van der Waals surface area (Å²) >= 11 is 0. The molecule has 5 aromatic rings. The molecule has 0 heterocycles. The van der Waals surface area contributed by atoms with Crippen molar-refractivity contribution in [3.8, 4) is 11.5 Å². The molecule has 0 unspecified atom stereocenters. The zero-order valence-corrected chi connectivity index (χ0v) is 44.5. The first kappa shape index (κ1) is 57.7. The number of nitrogens with zero attached hydrogens (tertiary/aromatic N) is 10. The van der Waals surface area contributed by atoms with E-state index in [1.807, 2.05) is 45.0 Å². The first-order chi connectivity index (χ1) is 36.0. The molecule has 0 aliphatic rings. The Morgan fingerprint density at radius 3 is 1.19 bits per heavy atom. The summed E-state index contributed by atoms with van der Waals surface area (Å²) in [7, 11) is 3.11. The molecule has 0 aliphatic heterocycles. The lowest BCUT2D eigenvalue weighted by Gasteiger charge is -2.26. The molecule has 5 aromatic carbocycles. The first-order valence-electron chi connectivity index (χ1n) is 26.4. The summed E-state index contributed by atoms with van der Waals surface area (Å²) in [6, 6.07) is 31.3. The number of methoxy groups -OCH3 is 2. The highest BCUT2D eigenvalue weighted by Gasteiger charge is 2.27. The van der Waals surface area contributed by atoms with Crippen molar-refractivity contribution in [2.45, 2.75) is 137 Å². The van der Waals surface area contributed by atoms with Crippen LogP contribution in [0.5, 0.6) is 11.5 Å². The van der Waals surface area contributed by atoms with Gasteiger partial charge >= 0.3 is 5.97 Å². The van der Waals surface area contributed by atoms with Gasteiger partial charge in [0.15, 0.2) is 0 Å². The van der Waals surface area contributed by atoms with Gasteiger partial charge in [0.05, 0.1) is 65.2 Å². The smallest absolute Gasteiger partial charge is 0.311 e. The third kappa shape index (κ3) is 20.3. The molecule has 5 rings (SSSR count). The number of hydrogen-bond acceptors (Lipinski definition) is 15. The van der Waals surface area contributed by atoms with Crippen LogP contribution in [0.4, 0.5) is 56.9 Å². The van der Waals surface area contributed by atoms with Crippen LogP contribution >= 0.6 is 0 Å². The van der Waals surface area contributed by atoms with E-state index < -0.39 is 10.3 Å². The van der Waals surface area contributed by atoms with E-state index in [4.69, 9.17) is 14.2 Å². The maximum atomic E-state index is 12.8. The van der Waals surface area contributed by atoms with Crippen LogP contribution in [0.2, 0.25) is 0 Å². The van der Waals surface area contributed by atoms with Crippen LogP contribution in [0.1, 0.15) is 137 Å². The minimum atomic E-state index is -0.510. The van der Waals surface area contributed by atoms with Gasteiger partial charge in [-0.3, -0.25) is 14.9 Å². The van der Waals surface area contributed by atoms with Gasteiger partial charge in [0.1, 0.15) is 29.5 Å². The normalized spacial score (nSPS) is 11.9. The van der Waals surface area contributed by atoms with Gasteiger partial charge in [-0.1, -0.05) is 110 Å². The van der Waals surface area contributed by atoms with E-state index in [1.54, 1.807) is 74.9 Å². The van der Waals surface area contributed by atoms with E-state index in [9.17, 15) is 14.9 Å². The lowest BCUT2D eigenvalue weighted by atomic mass is 9.91. The Bertz CT molecular complexity index is 2560. The number of azo groups is 4. The third-order valence-corrected chi connectivity index (χ3v) is 12.9. The van der Waals surface area contributed by atoms with Crippen molar-refractivity contribution in [1.82, 2.24) is 0 Å². The molecule has 0 bridgehead atoms. The van der Waals surface area contributed by atoms with E-state index >= 15 is 0 Å². The maximum Gasteiger partial charge on any atom is 0.311 e. The third-order valence-electron chi connectivity index (χ3n) is 12.9. The van der Waals surface area contributed by atoms with Crippen molar-refractivity contribution in [2.24, 2.45) is 46.3 Å². The average molecular weight is 1010 g/mol. The van der Waals surface area contributed by atoms with Gasteiger partial charge in [0.25, 0.3) is 5.69 Å². The number of benzene rings is 5. The summed E-state index contributed by atoms with van der Waals surface area (Å²) in [5.74, 6) is 0.721. The van der Waals surface area contributed by atoms with Crippen molar-refractivity contribution in [1.29, 1.82) is 0 Å². The van der Waals surface area contributed by atoms with Crippen LogP contribution in [0.3, 0.4) is 0 Å². The van der Waals surface area contributed by atoms with E-state index in [1.165, 1.54) is 121 Å². The van der Waals surface area contributed by atoms with Crippen LogP contribution in [-0.4, -0.2) is 44.8 Å². The van der Waals surface area contributed by atoms with Crippen LogP contribution < -0.4 is 14.4 Å². The predicted molar refractivity (Wildman–Crippen MR) is 295 cm³/mol. The SMILES string of the molecule is CCCCCCCCCCCCCCCCCCN(CCOC(=O)C(C)(C)CC)c1ccc(/N=N/c2cc(OC)c(/N=N/c3ccc(/N=N/c4ccc(/N=N/c5ccc([N+](=O)[O-])cc5)cc4)cc3)cc2OC)cc1. The molecule has 0 amide bonds. The van der Waals surface area contributed by atoms with Crippen molar-refractivity contribution in [2.75, 3.05) is 38.8 Å². The second-order valence-corrected chi connectivity index (χ2v) is 19.0. The van der Waals surface area contributed by atoms with Gasteiger partial charge in [-0.2, -0.15) is 30.7 Å². The fourth-order valence-corrected chi connectivity index (χ4v) is 7.83. The van der Waals surface area contributed by atoms with Crippen LogP contribution in [0, 0.1) is 15.5 Å². The Kier molecular flexibility index (Phi) is 25.0. The number of rotatable bonds is 34. The number of esters is 1. The molecule has 0 spiro atoms. The molecular weight excluding hydrogens is 933 g/mol. The number of non-ortho nitro benzene ring substituents is 1. The molecule has 0 radical (unpaired) electrons. The number of carbonyl (C=O) groups is 1. The van der Waals surface area contributed by atoms with Crippen LogP contribution in [-0.2, 0) is 9.53 Å². The van der Waals surface area contributed by atoms with Crippen molar-refractivity contribution >= 4 is 62.8 Å². The summed E-state index contributed by atoms with van der Waals surface area (Å²) in [6.45, 7) is 9.94. The molecular formula is C58H76N10O6. The Morgan fingerprint density at radius 2 is 0.838 bits per heavy atom. The van der Waals surface area contributed by atoms with E-state index in [0.29, 0.717) is 70.1 Å². The quantitative estimate of drug-likeness (QED) is 0.0129. The fourth-order valence-electron chi connectivity index (χ4n) is 7.83. The zero-order valence-electron chi connectivity index (χ0n) is 44.5. The summed E-state index contributed by atoms with van der Waals surface area (Å²) in [6.07, 6.45) is 22.0. The molecule has 16 heteroatoms. The van der Waals surface area contributed by atoms with E-state index in [2.05, 4.69) is 52.7 Å². The highest BCUT2D eigenvalue weighted by atomic mass is 16.6. The number of ether oxygens (including phenoxy) is 3. The molecule has 0 saturated heterocycles. The van der Waals surface area contributed by atoms with Gasteiger partial charge in [-0.25, -0.2) is 0 Å². The summed E-state index contributed by atoms with van der Waals surface area (Å²) in [5.41, 5.74) is 5.01. The molecule has 16 nitrogen and oxygen atoms in total. The second-order valence-electron chi connectivity index (χ2n) is 19.0. The van der Waals surface area contributed by atoms with Gasteiger partial charge in [0.2, 0.25) is 0 Å². The second kappa shape index (κ2) is 32.1. The molecule has 0 fully saturated rings. The van der Waals surface area contributed by atoms with E-state index in [0.717, 1.165) is 25.1 Å². The molecule has 74 heavy (non-hydrogen) atoms. The molecule has 0 N–H and O–H groups in total. The van der Waals surface area contributed by atoms with Crippen LogP contribution in [0.25, 0.3) is 0 Å². The first-order valence-corrected chi connectivity index (χ1v) is 26.4. The fraction of sp³-hybridized carbons (Fsp3) is 0.466. The Hall–Kier alpha value is -7.23. The molecule has 0 atom stereocenters. The topological polar surface area (TPSA) is 190 Å². The maximum absolute atomic E-state index is 12.8. The number of nitro groups is 1. The summed E-state index contributed by atoms with van der Waals surface area (Å²) in [5, 5.41) is 45.7. The Labute approximate surface area is 438 Å². The van der Waals surface area contributed by atoms with E-state index in [-0.39, 0.29) is 11.7 Å². The van der Waals surface area contributed by atoms with Crippen molar-refractivity contribution < 1.29 is 23.9 Å². The van der Waals surface area contributed by atoms with Crippen molar-refractivity contribution in [3.63, 3.8) is 0 Å². The highest BCUT2D eigenvalue weighted by Crippen LogP contribution is 2.41. The number of carbonyl (C=O) groups excluding carboxylic acids is 1. The predicted octanol–water partition coefficient (Wildman–Crippen LogP) is 19.3. The van der Waals surface area contributed by atoms with Gasteiger partial charge in [0, 0.05) is 36.5 Å². The summed E-state index contributed by atoms with van der Waals surface area (Å²) in [4.78, 5) is 25.5. The molecule has 0 aromatic heterocycles. The number of anilines is 1. The lowest BCUT2D eigenvalue weighted by Crippen LogP contribution is -2.32. The average Bonchev–Trinajstić information content (AvgIpc) is 3.42. The Balaban J connectivity index is 1.12. The largest absolute Gasteiger partial charge is 0.494 e. The zero-order chi connectivity index (χ0) is 52.8. The van der Waals surface area contributed by atoms with Gasteiger partial charge in [-0.15, -0.1) is 10.2 Å². The highest BCUT2D eigenvalue weighted by molar-refractivity contribution is 5.75. The Morgan fingerprint density at radius 1 is 0.500 bits per heavy atom. The number of hydrogen-bond donors (Lipinski definition) is 0. The molecule has 394 valence electrons. The minimum absolute atomic E-state index is 0.00940. The molecule has 0 aliphatic carbocycles. The van der Waals surface area contributed by atoms with Gasteiger partial charge in [-0.05, 0) is 112 Å².